The van der Waals surface area contributed by atoms with Gasteiger partial charge in [0.2, 0.25) is 0 Å². The molecule has 0 N–H and O–H groups in total. The predicted molar refractivity (Wildman–Crippen MR) is 48.7 cm³/mol. The smallest absolute Gasteiger partial charge is 0.168 e. The van der Waals surface area contributed by atoms with Crippen LogP contribution in [0, 0.1) is 0 Å². The van der Waals surface area contributed by atoms with Crippen molar-refractivity contribution in [3.05, 3.63) is 42.5 Å². The number of aldehydes is 1. The van der Waals surface area contributed by atoms with Gasteiger partial charge in [-0.3, -0.25) is 4.79 Å². The van der Waals surface area contributed by atoms with Crippen molar-refractivity contribution in [2.75, 3.05) is 0 Å². The summed E-state index contributed by atoms with van der Waals surface area (Å²) in [6.45, 7) is 0.529. The summed E-state index contributed by atoms with van der Waals surface area (Å²) in [5, 5.41) is 0. The summed E-state index contributed by atoms with van der Waals surface area (Å²) in [4.78, 5) is 22.4. The lowest BCUT2D eigenvalue weighted by Crippen LogP contribution is -2.03. The molecule has 2 heterocycles. The number of hydrogen-bond acceptors (Lipinski definition) is 4. The molecule has 2 aromatic rings. The van der Waals surface area contributed by atoms with E-state index in [0.29, 0.717) is 24.3 Å². The Morgan fingerprint density at radius 3 is 3.07 bits per heavy atom. The van der Waals surface area contributed by atoms with Crippen LogP contribution in [0.25, 0.3) is 0 Å². The van der Waals surface area contributed by atoms with E-state index in [9.17, 15) is 4.79 Å². The van der Waals surface area contributed by atoms with E-state index in [0.717, 1.165) is 0 Å². The van der Waals surface area contributed by atoms with Gasteiger partial charge in [-0.1, -0.05) is 0 Å². The Balaban J connectivity index is 2.21. The standard InChI is InChI=1S/C9H8N4O/c14-6-8-1-2-11-9(12-8)5-13-4-3-10-7-13/h1-4,6-7H,5H2. The largest absolute Gasteiger partial charge is 0.330 e. The molecule has 0 saturated heterocycles. The molecule has 0 spiro atoms. The fourth-order valence-electron chi connectivity index (χ4n) is 1.10. The molecule has 2 aromatic heterocycles. The van der Waals surface area contributed by atoms with Gasteiger partial charge >= 0.3 is 0 Å². The number of carbonyl (C=O) groups excluding carboxylic acids is 1. The highest BCUT2D eigenvalue weighted by Gasteiger charge is 1.98. The van der Waals surface area contributed by atoms with Crippen molar-refractivity contribution < 1.29 is 4.79 Å². The van der Waals surface area contributed by atoms with Crippen LogP contribution in [0.2, 0.25) is 0 Å². The van der Waals surface area contributed by atoms with E-state index < -0.39 is 0 Å². The third kappa shape index (κ3) is 1.82. The minimum atomic E-state index is 0.398. The van der Waals surface area contributed by atoms with Crippen LogP contribution in [0.4, 0.5) is 0 Å². The van der Waals surface area contributed by atoms with Gasteiger partial charge in [-0.15, -0.1) is 0 Å². The van der Waals surface area contributed by atoms with Crippen LogP contribution in [0.1, 0.15) is 16.3 Å². The highest BCUT2D eigenvalue weighted by molar-refractivity contribution is 5.71. The number of carbonyl (C=O) groups is 1. The van der Waals surface area contributed by atoms with E-state index >= 15 is 0 Å². The summed E-state index contributed by atoms with van der Waals surface area (Å²) >= 11 is 0. The molecule has 0 aromatic carbocycles. The Morgan fingerprint density at radius 1 is 1.43 bits per heavy atom. The summed E-state index contributed by atoms with van der Waals surface area (Å²) in [6, 6.07) is 1.57. The van der Waals surface area contributed by atoms with Crippen molar-refractivity contribution in [2.45, 2.75) is 6.54 Å². The number of imidazole rings is 1. The van der Waals surface area contributed by atoms with Crippen LogP contribution in [0.3, 0.4) is 0 Å². The second-order valence-corrected chi connectivity index (χ2v) is 2.75. The van der Waals surface area contributed by atoms with Crippen LogP contribution in [-0.2, 0) is 6.54 Å². The number of nitrogens with zero attached hydrogens (tertiary/aromatic N) is 4. The van der Waals surface area contributed by atoms with E-state index in [-0.39, 0.29) is 0 Å². The van der Waals surface area contributed by atoms with Gasteiger partial charge in [0.25, 0.3) is 0 Å². The van der Waals surface area contributed by atoms with Crippen LogP contribution in [-0.4, -0.2) is 25.8 Å². The van der Waals surface area contributed by atoms with Gasteiger partial charge in [-0.2, -0.15) is 0 Å². The molecule has 5 heteroatoms. The fraction of sp³-hybridized carbons (Fsp3) is 0.111. The first-order valence-corrected chi connectivity index (χ1v) is 4.11. The van der Waals surface area contributed by atoms with Crippen LogP contribution >= 0.6 is 0 Å². The summed E-state index contributed by atoms with van der Waals surface area (Å²) in [5.41, 5.74) is 0.398. The summed E-state index contributed by atoms with van der Waals surface area (Å²) in [7, 11) is 0. The normalized spacial score (nSPS) is 10.0. The molecule has 0 saturated carbocycles. The van der Waals surface area contributed by atoms with E-state index in [2.05, 4.69) is 15.0 Å². The first kappa shape index (κ1) is 8.55. The minimum absolute atomic E-state index is 0.398. The summed E-state index contributed by atoms with van der Waals surface area (Å²) in [6.07, 6.45) is 7.46. The highest BCUT2D eigenvalue weighted by Crippen LogP contribution is 1.96. The van der Waals surface area contributed by atoms with Crippen molar-refractivity contribution >= 4 is 6.29 Å². The summed E-state index contributed by atoms with van der Waals surface area (Å²) in [5.74, 6) is 0.604. The molecule has 70 valence electrons. The second-order valence-electron chi connectivity index (χ2n) is 2.75. The SMILES string of the molecule is O=Cc1ccnc(Cn2ccnc2)n1. The monoisotopic (exact) mass is 188 g/mol. The second kappa shape index (κ2) is 3.78. The number of rotatable bonds is 3. The van der Waals surface area contributed by atoms with Gasteiger partial charge in [0, 0.05) is 18.6 Å². The number of hydrogen-bond donors (Lipinski definition) is 0. The first-order valence-electron chi connectivity index (χ1n) is 4.11. The third-order valence-corrected chi connectivity index (χ3v) is 1.73. The average molecular weight is 188 g/mol. The Kier molecular flexibility index (Phi) is 2.31. The van der Waals surface area contributed by atoms with Crippen molar-refractivity contribution in [1.29, 1.82) is 0 Å². The molecule has 0 aliphatic heterocycles. The molecule has 2 rings (SSSR count). The predicted octanol–water partition coefficient (Wildman–Crippen LogP) is 0.534. The molecule has 0 fully saturated rings. The topological polar surface area (TPSA) is 60.7 Å². The van der Waals surface area contributed by atoms with Crippen molar-refractivity contribution in [3.63, 3.8) is 0 Å². The van der Waals surface area contributed by atoms with Gasteiger partial charge in [0.1, 0.15) is 11.5 Å². The molecule has 0 aliphatic carbocycles. The van der Waals surface area contributed by atoms with Crippen LogP contribution < -0.4 is 0 Å². The molecule has 0 bridgehead atoms. The van der Waals surface area contributed by atoms with Crippen molar-refractivity contribution in [3.8, 4) is 0 Å². The lowest BCUT2D eigenvalue weighted by atomic mass is 10.4. The Morgan fingerprint density at radius 2 is 2.36 bits per heavy atom. The fourth-order valence-corrected chi connectivity index (χ4v) is 1.10. The molecule has 0 atom stereocenters. The molecule has 14 heavy (non-hydrogen) atoms. The van der Waals surface area contributed by atoms with Crippen molar-refractivity contribution in [2.24, 2.45) is 0 Å². The first-order chi connectivity index (χ1) is 6.88. The molecule has 0 amide bonds. The van der Waals surface area contributed by atoms with E-state index in [1.807, 2.05) is 10.8 Å². The third-order valence-electron chi connectivity index (χ3n) is 1.73. The van der Waals surface area contributed by atoms with Gasteiger partial charge in [-0.05, 0) is 6.07 Å². The maximum atomic E-state index is 10.5. The zero-order valence-electron chi connectivity index (χ0n) is 7.37. The van der Waals surface area contributed by atoms with Gasteiger partial charge < -0.3 is 4.57 Å². The average Bonchev–Trinajstić information content (AvgIpc) is 2.71. The Labute approximate surface area is 80.5 Å². The highest BCUT2D eigenvalue weighted by atomic mass is 16.1. The van der Waals surface area contributed by atoms with Gasteiger partial charge in [0.15, 0.2) is 6.29 Å². The lowest BCUT2D eigenvalue weighted by Gasteiger charge is -2.00. The molecule has 0 radical (unpaired) electrons. The lowest BCUT2D eigenvalue weighted by molar-refractivity contribution is 0.111. The molecular weight excluding hydrogens is 180 g/mol. The maximum Gasteiger partial charge on any atom is 0.168 e. The molecule has 5 nitrogen and oxygen atoms in total. The van der Waals surface area contributed by atoms with E-state index in [1.165, 1.54) is 0 Å². The van der Waals surface area contributed by atoms with Gasteiger partial charge in [0.05, 0.1) is 12.9 Å². The molecule has 0 aliphatic rings. The maximum absolute atomic E-state index is 10.5. The zero-order chi connectivity index (χ0) is 9.80. The van der Waals surface area contributed by atoms with E-state index in [4.69, 9.17) is 0 Å². The Bertz CT molecular complexity index is 424. The molecule has 0 unspecified atom stereocenters. The van der Waals surface area contributed by atoms with Crippen LogP contribution in [0.15, 0.2) is 31.0 Å². The van der Waals surface area contributed by atoms with Crippen LogP contribution in [0.5, 0.6) is 0 Å². The van der Waals surface area contributed by atoms with Gasteiger partial charge in [-0.25, -0.2) is 15.0 Å². The number of aromatic nitrogens is 4. The van der Waals surface area contributed by atoms with E-state index in [1.54, 1.807) is 24.8 Å². The minimum Gasteiger partial charge on any atom is -0.330 e. The molecular formula is C9H8N4O. The quantitative estimate of drug-likeness (QED) is 0.659. The summed E-state index contributed by atoms with van der Waals surface area (Å²) < 4.78 is 1.84. The Hall–Kier alpha value is -2.04. The van der Waals surface area contributed by atoms with Crippen molar-refractivity contribution in [1.82, 2.24) is 19.5 Å². The zero-order valence-corrected chi connectivity index (χ0v) is 7.37.